The Morgan fingerprint density at radius 1 is 1.15 bits per heavy atom. The van der Waals surface area contributed by atoms with E-state index >= 15 is 0 Å². The van der Waals surface area contributed by atoms with Gasteiger partial charge in [-0.3, -0.25) is 0 Å². The van der Waals surface area contributed by atoms with Gasteiger partial charge in [0.15, 0.2) is 0 Å². The molecule has 1 atom stereocenters. The van der Waals surface area contributed by atoms with Crippen molar-refractivity contribution in [3.8, 4) is 0 Å². The third-order valence-corrected chi connectivity index (χ3v) is 3.85. The zero-order chi connectivity index (χ0) is 19.7. The standard InChI is InChI=1S/C21H22F3NO2/c1-16(14-18-8-5-9-19(15-18)21(22,23)24)25-12-13-27-20(26)11-10-17-6-3-2-4-7-17/h2-11,15-16,25H,12-14H2,1H3/b11-10+. The van der Waals surface area contributed by atoms with Gasteiger partial charge >= 0.3 is 12.1 Å². The summed E-state index contributed by atoms with van der Waals surface area (Å²) in [6.45, 7) is 2.48. The van der Waals surface area contributed by atoms with Crippen molar-refractivity contribution in [3.05, 3.63) is 77.4 Å². The molecule has 27 heavy (non-hydrogen) atoms. The number of halogens is 3. The number of ether oxygens (including phenoxy) is 1. The van der Waals surface area contributed by atoms with Crippen molar-refractivity contribution in [2.45, 2.75) is 25.6 Å². The normalized spacial score (nSPS) is 12.9. The summed E-state index contributed by atoms with van der Waals surface area (Å²) in [6, 6.07) is 14.6. The molecular formula is C21H22F3NO2. The molecule has 0 spiro atoms. The fourth-order valence-electron chi connectivity index (χ4n) is 2.53. The van der Waals surface area contributed by atoms with E-state index in [1.807, 2.05) is 37.3 Å². The maximum Gasteiger partial charge on any atom is 0.416 e. The lowest BCUT2D eigenvalue weighted by Crippen LogP contribution is -2.31. The largest absolute Gasteiger partial charge is 0.461 e. The molecule has 144 valence electrons. The molecule has 0 aliphatic carbocycles. The number of carbonyl (C=O) groups is 1. The molecule has 2 rings (SSSR count). The minimum Gasteiger partial charge on any atom is -0.461 e. The number of alkyl halides is 3. The summed E-state index contributed by atoms with van der Waals surface area (Å²) >= 11 is 0. The highest BCUT2D eigenvalue weighted by molar-refractivity contribution is 5.87. The second-order valence-electron chi connectivity index (χ2n) is 6.17. The molecule has 0 saturated heterocycles. The first-order valence-electron chi connectivity index (χ1n) is 8.64. The first kappa shape index (κ1) is 20.7. The highest BCUT2D eigenvalue weighted by Gasteiger charge is 2.30. The molecule has 0 saturated carbocycles. The lowest BCUT2D eigenvalue weighted by molar-refractivity contribution is -0.138. The van der Waals surface area contributed by atoms with Gasteiger partial charge in [-0.2, -0.15) is 13.2 Å². The van der Waals surface area contributed by atoms with Crippen LogP contribution in [-0.2, 0) is 22.1 Å². The van der Waals surface area contributed by atoms with Crippen molar-refractivity contribution in [3.63, 3.8) is 0 Å². The van der Waals surface area contributed by atoms with E-state index in [2.05, 4.69) is 5.32 Å². The molecule has 3 nitrogen and oxygen atoms in total. The van der Waals surface area contributed by atoms with E-state index in [0.717, 1.165) is 17.7 Å². The van der Waals surface area contributed by atoms with Gasteiger partial charge in [-0.1, -0.05) is 48.5 Å². The maximum absolute atomic E-state index is 12.7. The van der Waals surface area contributed by atoms with Gasteiger partial charge in [0, 0.05) is 18.7 Å². The highest BCUT2D eigenvalue weighted by Crippen LogP contribution is 2.29. The molecule has 0 aliphatic rings. The van der Waals surface area contributed by atoms with Gasteiger partial charge < -0.3 is 10.1 Å². The average molecular weight is 377 g/mol. The smallest absolute Gasteiger partial charge is 0.416 e. The highest BCUT2D eigenvalue weighted by atomic mass is 19.4. The van der Waals surface area contributed by atoms with Crippen LogP contribution >= 0.6 is 0 Å². The molecule has 0 aliphatic heterocycles. The number of benzene rings is 2. The number of esters is 1. The second-order valence-corrected chi connectivity index (χ2v) is 6.17. The number of rotatable bonds is 8. The summed E-state index contributed by atoms with van der Waals surface area (Å²) < 4.78 is 43.3. The topological polar surface area (TPSA) is 38.3 Å². The predicted octanol–water partition coefficient (Wildman–Crippen LogP) is 4.48. The van der Waals surface area contributed by atoms with E-state index in [0.29, 0.717) is 18.5 Å². The Bertz CT molecular complexity index is 758. The van der Waals surface area contributed by atoms with Gasteiger partial charge in [0.05, 0.1) is 5.56 Å². The van der Waals surface area contributed by atoms with Gasteiger partial charge in [0.1, 0.15) is 6.61 Å². The van der Waals surface area contributed by atoms with Crippen LogP contribution in [0.4, 0.5) is 13.2 Å². The number of hydrogen-bond donors (Lipinski definition) is 1. The van der Waals surface area contributed by atoms with E-state index in [1.165, 1.54) is 12.1 Å². The van der Waals surface area contributed by atoms with Crippen molar-refractivity contribution in [2.75, 3.05) is 13.2 Å². The number of hydrogen-bond acceptors (Lipinski definition) is 3. The van der Waals surface area contributed by atoms with Crippen LogP contribution < -0.4 is 5.32 Å². The second kappa shape index (κ2) is 9.92. The van der Waals surface area contributed by atoms with E-state index in [-0.39, 0.29) is 12.6 Å². The molecule has 6 heteroatoms. The molecule has 0 fully saturated rings. The van der Waals surface area contributed by atoms with E-state index < -0.39 is 17.7 Å². The first-order valence-corrected chi connectivity index (χ1v) is 8.64. The summed E-state index contributed by atoms with van der Waals surface area (Å²) in [4.78, 5) is 11.6. The van der Waals surface area contributed by atoms with Crippen LogP contribution in [0.25, 0.3) is 6.08 Å². The van der Waals surface area contributed by atoms with Crippen molar-refractivity contribution < 1.29 is 22.7 Å². The summed E-state index contributed by atoms with van der Waals surface area (Å²) in [5, 5.41) is 3.14. The third-order valence-electron chi connectivity index (χ3n) is 3.85. The summed E-state index contributed by atoms with van der Waals surface area (Å²) in [7, 11) is 0. The van der Waals surface area contributed by atoms with Crippen LogP contribution in [0.15, 0.2) is 60.7 Å². The number of carbonyl (C=O) groups excluding carboxylic acids is 1. The lowest BCUT2D eigenvalue weighted by atomic mass is 10.0. The molecule has 0 radical (unpaired) electrons. The van der Waals surface area contributed by atoms with Gasteiger partial charge in [-0.15, -0.1) is 0 Å². The van der Waals surface area contributed by atoms with E-state index in [9.17, 15) is 18.0 Å². The Kier molecular flexibility index (Phi) is 7.61. The zero-order valence-electron chi connectivity index (χ0n) is 15.0. The van der Waals surface area contributed by atoms with E-state index in [4.69, 9.17) is 4.74 Å². The van der Waals surface area contributed by atoms with Crippen molar-refractivity contribution in [2.24, 2.45) is 0 Å². The fraction of sp³-hybridized carbons (Fsp3) is 0.286. The van der Waals surface area contributed by atoms with Crippen LogP contribution in [0.5, 0.6) is 0 Å². The Morgan fingerprint density at radius 3 is 2.59 bits per heavy atom. The predicted molar refractivity (Wildman–Crippen MR) is 99.0 cm³/mol. The minimum atomic E-state index is -4.34. The molecule has 0 bridgehead atoms. The summed E-state index contributed by atoms with van der Waals surface area (Å²) in [5.74, 6) is -0.439. The van der Waals surface area contributed by atoms with Crippen molar-refractivity contribution in [1.29, 1.82) is 0 Å². The molecule has 2 aromatic rings. The Morgan fingerprint density at radius 2 is 1.89 bits per heavy atom. The van der Waals surface area contributed by atoms with Gasteiger partial charge in [-0.25, -0.2) is 4.79 Å². The SMILES string of the molecule is CC(Cc1cccc(C(F)(F)F)c1)NCCOC(=O)/C=C/c1ccccc1. The maximum atomic E-state index is 12.7. The van der Waals surface area contributed by atoms with E-state index in [1.54, 1.807) is 12.1 Å². The van der Waals surface area contributed by atoms with Gasteiger partial charge in [-0.05, 0) is 36.6 Å². The van der Waals surface area contributed by atoms with Gasteiger partial charge in [0.2, 0.25) is 0 Å². The number of nitrogens with one attached hydrogen (secondary N) is 1. The molecular weight excluding hydrogens is 355 g/mol. The quantitative estimate of drug-likeness (QED) is 0.419. The first-order chi connectivity index (χ1) is 12.8. The molecule has 0 amide bonds. The van der Waals surface area contributed by atoms with Crippen LogP contribution in [0.2, 0.25) is 0 Å². The Balaban J connectivity index is 1.69. The van der Waals surface area contributed by atoms with Crippen molar-refractivity contribution in [1.82, 2.24) is 5.32 Å². The fourth-order valence-corrected chi connectivity index (χ4v) is 2.53. The Hall–Kier alpha value is -2.60. The monoisotopic (exact) mass is 377 g/mol. The van der Waals surface area contributed by atoms with Gasteiger partial charge in [0.25, 0.3) is 0 Å². The van der Waals surface area contributed by atoms with Crippen LogP contribution in [-0.4, -0.2) is 25.2 Å². The van der Waals surface area contributed by atoms with Crippen LogP contribution in [0, 0.1) is 0 Å². The van der Waals surface area contributed by atoms with Crippen molar-refractivity contribution >= 4 is 12.0 Å². The Labute approximate surface area is 156 Å². The molecule has 0 heterocycles. The summed E-state index contributed by atoms with van der Waals surface area (Å²) in [6.07, 6.45) is -0.854. The zero-order valence-corrected chi connectivity index (χ0v) is 15.0. The average Bonchev–Trinajstić information content (AvgIpc) is 2.64. The molecule has 0 aromatic heterocycles. The lowest BCUT2D eigenvalue weighted by Gasteiger charge is -2.15. The summed E-state index contributed by atoms with van der Waals surface area (Å²) in [5.41, 5.74) is 0.862. The molecule has 2 aromatic carbocycles. The minimum absolute atomic E-state index is 0.0490. The van der Waals surface area contributed by atoms with Crippen LogP contribution in [0.1, 0.15) is 23.6 Å². The molecule has 1 unspecified atom stereocenters. The molecule has 1 N–H and O–H groups in total. The van der Waals surface area contributed by atoms with Crippen LogP contribution in [0.3, 0.4) is 0 Å². The third kappa shape index (κ3) is 7.66.